The Hall–Kier alpha value is -0.870. The zero-order valence-corrected chi connectivity index (χ0v) is 12.5. The molecule has 0 aromatic carbocycles. The molecule has 0 aliphatic heterocycles. The van der Waals surface area contributed by atoms with Crippen molar-refractivity contribution in [3.63, 3.8) is 0 Å². The number of aliphatic hydroxyl groups is 1. The molecule has 4 nitrogen and oxygen atoms in total. The van der Waals surface area contributed by atoms with Gasteiger partial charge in [0.1, 0.15) is 0 Å². The van der Waals surface area contributed by atoms with Crippen LogP contribution in [0.3, 0.4) is 0 Å². The summed E-state index contributed by atoms with van der Waals surface area (Å²) in [5.74, 6) is 0. The van der Waals surface area contributed by atoms with Gasteiger partial charge in [0.05, 0.1) is 11.8 Å². The molecule has 2 atom stereocenters. The Morgan fingerprint density at radius 3 is 2.50 bits per heavy atom. The minimum absolute atomic E-state index is 0.161. The maximum Gasteiger partial charge on any atom is 0.0669 e. The van der Waals surface area contributed by atoms with Gasteiger partial charge in [-0.25, -0.2) is 0 Å². The number of nitrogens with one attached hydrogen (secondary N) is 1. The van der Waals surface area contributed by atoms with Crippen LogP contribution >= 0.6 is 0 Å². The number of nitrogens with zero attached hydrogens (tertiary/aromatic N) is 2. The topological polar surface area (TPSA) is 50.1 Å². The van der Waals surface area contributed by atoms with Gasteiger partial charge in [-0.2, -0.15) is 5.10 Å². The van der Waals surface area contributed by atoms with Crippen molar-refractivity contribution in [2.24, 2.45) is 12.5 Å². The van der Waals surface area contributed by atoms with E-state index in [1.807, 2.05) is 24.9 Å². The highest BCUT2D eigenvalue weighted by Gasteiger charge is 2.18. The van der Waals surface area contributed by atoms with E-state index in [4.69, 9.17) is 0 Å². The lowest BCUT2D eigenvalue weighted by molar-refractivity contribution is 0.117. The lowest BCUT2D eigenvalue weighted by atomic mass is 9.89. The smallest absolute Gasteiger partial charge is 0.0669 e. The number of hydrogen-bond donors (Lipinski definition) is 2. The van der Waals surface area contributed by atoms with Crippen LogP contribution < -0.4 is 5.32 Å². The molecule has 0 spiro atoms. The molecular weight excluding hydrogens is 226 g/mol. The summed E-state index contributed by atoms with van der Waals surface area (Å²) in [6, 6.07) is 0.216. The first-order valence-corrected chi connectivity index (χ1v) is 6.60. The zero-order valence-electron chi connectivity index (χ0n) is 12.5. The average molecular weight is 253 g/mol. The second kappa shape index (κ2) is 5.85. The molecular formula is C14H27N3O. The summed E-state index contributed by atoms with van der Waals surface area (Å²) in [6.45, 7) is 11.2. The Morgan fingerprint density at radius 1 is 1.44 bits per heavy atom. The molecule has 2 unspecified atom stereocenters. The molecule has 0 bridgehead atoms. The first-order chi connectivity index (χ1) is 8.19. The van der Waals surface area contributed by atoms with Crippen LogP contribution in [0.15, 0.2) is 6.20 Å². The number of rotatable bonds is 5. The van der Waals surface area contributed by atoms with Gasteiger partial charge >= 0.3 is 0 Å². The van der Waals surface area contributed by atoms with Crippen molar-refractivity contribution in [2.75, 3.05) is 6.54 Å². The minimum Gasteiger partial charge on any atom is -0.392 e. The molecule has 4 heteroatoms. The highest BCUT2D eigenvalue weighted by Crippen LogP contribution is 2.21. The van der Waals surface area contributed by atoms with Crippen molar-refractivity contribution in [3.05, 3.63) is 17.5 Å². The second-order valence-corrected chi connectivity index (χ2v) is 6.39. The molecule has 1 aromatic heterocycles. The van der Waals surface area contributed by atoms with Crippen molar-refractivity contribution in [1.82, 2.24) is 15.1 Å². The predicted octanol–water partition coefficient (Wildman–Crippen LogP) is 2.18. The van der Waals surface area contributed by atoms with E-state index in [1.165, 1.54) is 5.56 Å². The quantitative estimate of drug-likeness (QED) is 0.845. The largest absolute Gasteiger partial charge is 0.392 e. The van der Waals surface area contributed by atoms with Crippen LogP contribution in [0.4, 0.5) is 0 Å². The van der Waals surface area contributed by atoms with Gasteiger partial charge in [-0.15, -0.1) is 0 Å². The van der Waals surface area contributed by atoms with E-state index in [1.54, 1.807) is 0 Å². The van der Waals surface area contributed by atoms with Gasteiger partial charge in [-0.1, -0.05) is 20.8 Å². The van der Waals surface area contributed by atoms with Crippen LogP contribution in [-0.4, -0.2) is 27.5 Å². The van der Waals surface area contributed by atoms with Gasteiger partial charge < -0.3 is 10.4 Å². The summed E-state index contributed by atoms with van der Waals surface area (Å²) >= 11 is 0. The van der Waals surface area contributed by atoms with Crippen molar-refractivity contribution in [1.29, 1.82) is 0 Å². The van der Waals surface area contributed by atoms with Crippen LogP contribution in [0, 0.1) is 12.3 Å². The normalized spacial score (nSPS) is 15.7. The minimum atomic E-state index is -0.301. The third-order valence-electron chi connectivity index (χ3n) is 3.03. The fraction of sp³-hybridized carbons (Fsp3) is 0.786. The molecule has 0 fully saturated rings. The summed E-state index contributed by atoms with van der Waals surface area (Å²) < 4.78 is 1.83. The summed E-state index contributed by atoms with van der Waals surface area (Å²) in [5, 5.41) is 17.7. The first-order valence-electron chi connectivity index (χ1n) is 6.60. The van der Waals surface area contributed by atoms with Gasteiger partial charge in [-0.05, 0) is 25.7 Å². The molecule has 104 valence electrons. The van der Waals surface area contributed by atoms with Crippen molar-refractivity contribution < 1.29 is 5.11 Å². The van der Waals surface area contributed by atoms with Gasteiger partial charge in [0.15, 0.2) is 0 Å². The fourth-order valence-corrected chi connectivity index (χ4v) is 2.24. The van der Waals surface area contributed by atoms with Gasteiger partial charge in [0, 0.05) is 31.4 Å². The van der Waals surface area contributed by atoms with E-state index in [0.717, 1.165) is 12.1 Å². The molecule has 0 amide bonds. The Bertz CT molecular complexity index is 379. The van der Waals surface area contributed by atoms with Gasteiger partial charge in [0.2, 0.25) is 0 Å². The highest BCUT2D eigenvalue weighted by atomic mass is 16.3. The van der Waals surface area contributed by atoms with E-state index >= 15 is 0 Å². The molecule has 1 aromatic rings. The summed E-state index contributed by atoms with van der Waals surface area (Å²) in [4.78, 5) is 0. The third kappa shape index (κ3) is 4.78. The second-order valence-electron chi connectivity index (χ2n) is 6.39. The Labute approximate surface area is 110 Å². The van der Waals surface area contributed by atoms with Crippen LogP contribution in [0.2, 0.25) is 0 Å². The van der Waals surface area contributed by atoms with E-state index in [0.29, 0.717) is 6.54 Å². The number of aryl methyl sites for hydroxylation is 2. The van der Waals surface area contributed by atoms with E-state index in [2.05, 4.69) is 38.1 Å². The molecule has 0 radical (unpaired) electrons. The van der Waals surface area contributed by atoms with E-state index in [-0.39, 0.29) is 17.6 Å². The van der Waals surface area contributed by atoms with Crippen molar-refractivity contribution >= 4 is 0 Å². The van der Waals surface area contributed by atoms with Crippen LogP contribution in [0.1, 0.15) is 51.4 Å². The Morgan fingerprint density at radius 2 is 2.06 bits per heavy atom. The molecule has 0 saturated carbocycles. The summed E-state index contributed by atoms with van der Waals surface area (Å²) in [6.07, 6.45) is 2.53. The average Bonchev–Trinajstić information content (AvgIpc) is 2.52. The van der Waals surface area contributed by atoms with E-state index in [9.17, 15) is 5.11 Å². The first kappa shape index (κ1) is 15.2. The summed E-state index contributed by atoms with van der Waals surface area (Å²) in [5.41, 5.74) is 2.40. The van der Waals surface area contributed by atoms with Gasteiger partial charge in [0.25, 0.3) is 0 Å². The van der Waals surface area contributed by atoms with Crippen molar-refractivity contribution in [2.45, 2.75) is 53.2 Å². The standard InChI is InChI=1S/C14H27N3O/c1-10(13-9-17(6)16-11(13)2)15-8-12(18)7-14(3,4)5/h9-10,12,15,18H,7-8H2,1-6H3. The Kier molecular flexibility index (Phi) is 4.93. The lowest BCUT2D eigenvalue weighted by Gasteiger charge is -2.24. The fourth-order valence-electron chi connectivity index (χ4n) is 2.24. The SMILES string of the molecule is Cc1nn(C)cc1C(C)NCC(O)CC(C)(C)C. The van der Waals surface area contributed by atoms with E-state index < -0.39 is 0 Å². The zero-order chi connectivity index (χ0) is 13.9. The maximum absolute atomic E-state index is 9.97. The maximum atomic E-state index is 9.97. The Balaban J connectivity index is 2.46. The number of hydrogen-bond acceptors (Lipinski definition) is 3. The molecule has 1 heterocycles. The number of aromatic nitrogens is 2. The third-order valence-corrected chi connectivity index (χ3v) is 3.03. The number of aliphatic hydroxyl groups excluding tert-OH is 1. The van der Waals surface area contributed by atoms with Crippen LogP contribution in [0.25, 0.3) is 0 Å². The molecule has 0 saturated heterocycles. The molecule has 18 heavy (non-hydrogen) atoms. The highest BCUT2D eigenvalue weighted by molar-refractivity contribution is 5.19. The monoisotopic (exact) mass is 253 g/mol. The van der Waals surface area contributed by atoms with Gasteiger partial charge in [-0.3, -0.25) is 4.68 Å². The molecule has 0 aliphatic rings. The van der Waals surface area contributed by atoms with Crippen LogP contribution in [-0.2, 0) is 7.05 Å². The molecule has 0 aliphatic carbocycles. The van der Waals surface area contributed by atoms with Crippen molar-refractivity contribution in [3.8, 4) is 0 Å². The lowest BCUT2D eigenvalue weighted by Crippen LogP contribution is -2.31. The molecule has 1 rings (SSSR count). The summed E-state index contributed by atoms with van der Waals surface area (Å²) in [7, 11) is 1.93. The van der Waals surface area contributed by atoms with Crippen LogP contribution in [0.5, 0.6) is 0 Å². The predicted molar refractivity (Wildman–Crippen MR) is 74.4 cm³/mol. The molecule has 2 N–H and O–H groups in total.